The minimum atomic E-state index is 0.812. The Bertz CT molecular complexity index is 284. The van der Waals surface area contributed by atoms with E-state index in [1.807, 2.05) is 6.92 Å². The summed E-state index contributed by atoms with van der Waals surface area (Å²) in [5.74, 6) is 0. The number of aryl methyl sites for hydroxylation is 2. The molecule has 0 aliphatic rings. The molecule has 0 aliphatic carbocycles. The van der Waals surface area contributed by atoms with Crippen LogP contribution in [0.5, 0.6) is 0 Å². The van der Waals surface area contributed by atoms with Gasteiger partial charge in [0.1, 0.15) is 0 Å². The Morgan fingerprint density at radius 2 is 1.75 bits per heavy atom. The van der Waals surface area contributed by atoms with E-state index in [4.69, 9.17) is 12.2 Å². The van der Waals surface area contributed by atoms with E-state index in [2.05, 4.69) is 37.4 Å². The Hall–Kier alpha value is -0.890. The first-order valence-electron chi connectivity index (χ1n) is 3.95. The summed E-state index contributed by atoms with van der Waals surface area (Å²) in [6.45, 7) is 6.04. The van der Waals surface area contributed by atoms with E-state index >= 15 is 0 Å². The average molecular weight is 179 g/mol. The molecule has 0 saturated carbocycles. The molecule has 1 N–H and O–H groups in total. The molecule has 0 aromatic heterocycles. The van der Waals surface area contributed by atoms with Gasteiger partial charge in [-0.15, -0.1) is 0 Å². The van der Waals surface area contributed by atoms with Crippen LogP contribution in [0.2, 0.25) is 0 Å². The van der Waals surface area contributed by atoms with Gasteiger partial charge in [-0.1, -0.05) is 30.4 Å². The third kappa shape index (κ3) is 2.05. The Labute approximate surface area is 78.8 Å². The van der Waals surface area contributed by atoms with Gasteiger partial charge in [0.15, 0.2) is 0 Å². The van der Waals surface area contributed by atoms with E-state index in [0.717, 1.165) is 10.7 Å². The summed E-state index contributed by atoms with van der Waals surface area (Å²) >= 11 is 4.99. The molecule has 0 bridgehead atoms. The Morgan fingerprint density at radius 3 is 2.17 bits per heavy atom. The SMILES string of the molecule is CC(=S)Nc1c(C)cccc1C. The van der Waals surface area contributed by atoms with Crippen molar-refractivity contribution in [3.05, 3.63) is 29.3 Å². The van der Waals surface area contributed by atoms with Crippen LogP contribution in [0.4, 0.5) is 5.69 Å². The molecule has 12 heavy (non-hydrogen) atoms. The second kappa shape index (κ2) is 3.68. The zero-order valence-electron chi connectivity index (χ0n) is 7.64. The van der Waals surface area contributed by atoms with Crippen LogP contribution in [0.1, 0.15) is 18.1 Å². The summed E-state index contributed by atoms with van der Waals surface area (Å²) in [7, 11) is 0. The second-order valence-corrected chi connectivity index (χ2v) is 3.56. The van der Waals surface area contributed by atoms with Crippen molar-refractivity contribution in [3.8, 4) is 0 Å². The molecule has 1 aromatic rings. The van der Waals surface area contributed by atoms with Crippen LogP contribution < -0.4 is 5.32 Å². The minimum absolute atomic E-state index is 0.812. The topological polar surface area (TPSA) is 12.0 Å². The molecule has 2 heteroatoms. The molecule has 0 unspecified atom stereocenters. The van der Waals surface area contributed by atoms with Gasteiger partial charge in [0.25, 0.3) is 0 Å². The molecule has 1 aromatic carbocycles. The highest BCUT2D eigenvalue weighted by Crippen LogP contribution is 2.19. The fourth-order valence-electron chi connectivity index (χ4n) is 1.19. The summed E-state index contributed by atoms with van der Waals surface area (Å²) in [5.41, 5.74) is 3.61. The lowest BCUT2D eigenvalue weighted by Gasteiger charge is -2.10. The van der Waals surface area contributed by atoms with Crippen molar-refractivity contribution in [2.24, 2.45) is 0 Å². The number of anilines is 1. The molecule has 0 spiro atoms. The highest BCUT2D eigenvalue weighted by Gasteiger charge is 2.00. The van der Waals surface area contributed by atoms with Gasteiger partial charge in [-0.2, -0.15) is 0 Å². The summed E-state index contributed by atoms with van der Waals surface area (Å²) in [6.07, 6.45) is 0. The summed E-state index contributed by atoms with van der Waals surface area (Å²) in [5, 5.41) is 3.17. The number of hydrogen-bond donors (Lipinski definition) is 1. The molecule has 0 amide bonds. The summed E-state index contributed by atoms with van der Waals surface area (Å²) in [6, 6.07) is 6.20. The van der Waals surface area contributed by atoms with Crippen LogP contribution in [-0.2, 0) is 0 Å². The first-order chi connectivity index (χ1) is 5.61. The molecule has 1 nitrogen and oxygen atoms in total. The van der Waals surface area contributed by atoms with Crippen LogP contribution in [0.3, 0.4) is 0 Å². The van der Waals surface area contributed by atoms with Gasteiger partial charge in [0, 0.05) is 5.69 Å². The van der Waals surface area contributed by atoms with Crippen molar-refractivity contribution in [1.29, 1.82) is 0 Å². The number of rotatable bonds is 1. The van der Waals surface area contributed by atoms with Crippen molar-refractivity contribution >= 4 is 22.9 Å². The molecular formula is C10H13NS. The molecule has 0 aliphatic heterocycles. The zero-order chi connectivity index (χ0) is 9.14. The summed E-state index contributed by atoms with van der Waals surface area (Å²) in [4.78, 5) is 0.812. The Kier molecular flexibility index (Phi) is 2.82. The molecule has 1 rings (SSSR count). The average Bonchev–Trinajstić information content (AvgIpc) is 1.97. The van der Waals surface area contributed by atoms with E-state index in [9.17, 15) is 0 Å². The fraction of sp³-hybridized carbons (Fsp3) is 0.300. The largest absolute Gasteiger partial charge is 0.350 e. The number of benzene rings is 1. The first-order valence-corrected chi connectivity index (χ1v) is 4.36. The lowest BCUT2D eigenvalue weighted by molar-refractivity contribution is 1.38. The number of para-hydroxylation sites is 1. The molecule has 0 atom stereocenters. The third-order valence-electron chi connectivity index (χ3n) is 1.78. The van der Waals surface area contributed by atoms with Crippen molar-refractivity contribution < 1.29 is 0 Å². The van der Waals surface area contributed by atoms with Gasteiger partial charge < -0.3 is 5.32 Å². The van der Waals surface area contributed by atoms with Crippen molar-refractivity contribution in [2.45, 2.75) is 20.8 Å². The number of nitrogens with one attached hydrogen (secondary N) is 1. The third-order valence-corrected chi connectivity index (χ3v) is 1.88. The normalized spacial score (nSPS) is 9.58. The zero-order valence-corrected chi connectivity index (χ0v) is 8.46. The predicted octanol–water partition coefficient (Wildman–Crippen LogP) is 3.06. The number of thiocarbonyl (C=S) groups is 1. The quantitative estimate of drug-likeness (QED) is 0.665. The number of hydrogen-bond acceptors (Lipinski definition) is 1. The van der Waals surface area contributed by atoms with E-state index in [-0.39, 0.29) is 0 Å². The van der Waals surface area contributed by atoms with E-state index in [1.54, 1.807) is 0 Å². The van der Waals surface area contributed by atoms with E-state index in [1.165, 1.54) is 11.1 Å². The van der Waals surface area contributed by atoms with Crippen LogP contribution >= 0.6 is 12.2 Å². The van der Waals surface area contributed by atoms with Crippen molar-refractivity contribution in [1.82, 2.24) is 0 Å². The first kappa shape index (κ1) is 9.20. The highest BCUT2D eigenvalue weighted by atomic mass is 32.1. The monoisotopic (exact) mass is 179 g/mol. The standard InChI is InChI=1S/C10H13NS/c1-7-5-4-6-8(2)10(7)11-9(3)12/h4-6H,1-3H3,(H,11,12). The lowest BCUT2D eigenvalue weighted by atomic mass is 10.1. The molecule has 0 fully saturated rings. The molecule has 0 heterocycles. The van der Waals surface area contributed by atoms with Crippen LogP contribution in [0, 0.1) is 13.8 Å². The fourth-order valence-corrected chi connectivity index (χ4v) is 1.29. The second-order valence-electron chi connectivity index (χ2n) is 2.95. The van der Waals surface area contributed by atoms with Crippen molar-refractivity contribution in [3.63, 3.8) is 0 Å². The maximum absolute atomic E-state index is 4.99. The van der Waals surface area contributed by atoms with Crippen molar-refractivity contribution in [2.75, 3.05) is 5.32 Å². The van der Waals surface area contributed by atoms with Gasteiger partial charge >= 0.3 is 0 Å². The van der Waals surface area contributed by atoms with Gasteiger partial charge in [-0.3, -0.25) is 0 Å². The molecule has 64 valence electrons. The molecule has 0 radical (unpaired) electrons. The van der Waals surface area contributed by atoms with Gasteiger partial charge in [0.2, 0.25) is 0 Å². The minimum Gasteiger partial charge on any atom is -0.350 e. The molecular weight excluding hydrogens is 166 g/mol. The maximum atomic E-state index is 4.99. The highest BCUT2D eigenvalue weighted by molar-refractivity contribution is 7.80. The summed E-state index contributed by atoms with van der Waals surface area (Å²) < 4.78 is 0. The van der Waals surface area contributed by atoms with Crippen LogP contribution in [0.25, 0.3) is 0 Å². The lowest BCUT2D eigenvalue weighted by Crippen LogP contribution is -2.06. The van der Waals surface area contributed by atoms with E-state index in [0.29, 0.717) is 0 Å². The maximum Gasteiger partial charge on any atom is 0.0765 e. The van der Waals surface area contributed by atoms with Crippen LogP contribution in [0.15, 0.2) is 18.2 Å². The van der Waals surface area contributed by atoms with Gasteiger partial charge in [0.05, 0.1) is 4.99 Å². The van der Waals surface area contributed by atoms with E-state index < -0.39 is 0 Å². The Balaban J connectivity index is 3.04. The van der Waals surface area contributed by atoms with Gasteiger partial charge in [-0.25, -0.2) is 0 Å². The van der Waals surface area contributed by atoms with Gasteiger partial charge in [-0.05, 0) is 31.9 Å². The Morgan fingerprint density at radius 1 is 1.25 bits per heavy atom. The predicted molar refractivity (Wildman–Crippen MR) is 57.8 cm³/mol. The van der Waals surface area contributed by atoms with Crippen LogP contribution in [-0.4, -0.2) is 4.99 Å². The molecule has 0 saturated heterocycles. The smallest absolute Gasteiger partial charge is 0.0765 e.